The molecule has 0 aliphatic heterocycles. The summed E-state index contributed by atoms with van der Waals surface area (Å²) in [7, 11) is -4.28. The molecule has 0 radical (unpaired) electrons. The summed E-state index contributed by atoms with van der Waals surface area (Å²) in [6.45, 7) is 0.132. The van der Waals surface area contributed by atoms with Gasteiger partial charge in [-0.15, -0.1) is 0 Å². The first-order chi connectivity index (χ1) is 17.8. The van der Waals surface area contributed by atoms with Gasteiger partial charge in [0.25, 0.3) is 0 Å². The Bertz CT molecular complexity index is 1710. The summed E-state index contributed by atoms with van der Waals surface area (Å²) in [6, 6.07) is 17.5. The van der Waals surface area contributed by atoms with Crippen molar-refractivity contribution in [2.75, 3.05) is 11.1 Å². The SMILES string of the molecule is O=C(CS(=O)(=O)c1cn(Cc2cccc(-c3cncnc3)c2)c2cc(F)cc(F)c12)Nc1ccccc1. The van der Waals surface area contributed by atoms with Gasteiger partial charge < -0.3 is 9.88 Å². The van der Waals surface area contributed by atoms with E-state index in [4.69, 9.17) is 0 Å². The monoisotopic (exact) mass is 518 g/mol. The smallest absolute Gasteiger partial charge is 0.239 e. The lowest BCUT2D eigenvalue weighted by molar-refractivity contribution is -0.113. The molecule has 186 valence electrons. The molecule has 10 heteroatoms. The minimum absolute atomic E-state index is 0.0630. The second-order valence-corrected chi connectivity index (χ2v) is 10.4. The van der Waals surface area contributed by atoms with E-state index in [1.807, 2.05) is 24.3 Å². The molecule has 7 nitrogen and oxygen atoms in total. The van der Waals surface area contributed by atoms with Crippen LogP contribution in [0.15, 0.2) is 96.5 Å². The van der Waals surface area contributed by atoms with Gasteiger partial charge in [-0.3, -0.25) is 4.79 Å². The highest BCUT2D eigenvalue weighted by Crippen LogP contribution is 2.31. The van der Waals surface area contributed by atoms with E-state index >= 15 is 0 Å². The van der Waals surface area contributed by atoms with E-state index in [9.17, 15) is 22.0 Å². The van der Waals surface area contributed by atoms with Crippen LogP contribution in [0, 0.1) is 11.6 Å². The van der Waals surface area contributed by atoms with Crippen LogP contribution in [0.2, 0.25) is 0 Å². The van der Waals surface area contributed by atoms with Gasteiger partial charge in [-0.1, -0.05) is 36.4 Å². The van der Waals surface area contributed by atoms with Crippen LogP contribution < -0.4 is 5.32 Å². The van der Waals surface area contributed by atoms with Crippen LogP contribution in [0.25, 0.3) is 22.0 Å². The first kappa shape index (κ1) is 24.3. The number of aromatic nitrogens is 3. The molecule has 37 heavy (non-hydrogen) atoms. The van der Waals surface area contributed by atoms with Crippen molar-refractivity contribution < 1.29 is 22.0 Å². The quantitative estimate of drug-likeness (QED) is 0.333. The van der Waals surface area contributed by atoms with Gasteiger partial charge in [-0.2, -0.15) is 0 Å². The van der Waals surface area contributed by atoms with Gasteiger partial charge in [0.1, 0.15) is 23.7 Å². The van der Waals surface area contributed by atoms with Gasteiger partial charge in [0.15, 0.2) is 9.84 Å². The number of para-hydroxylation sites is 1. The van der Waals surface area contributed by atoms with Crippen molar-refractivity contribution in [1.29, 1.82) is 0 Å². The van der Waals surface area contributed by atoms with Crippen LogP contribution in [-0.2, 0) is 21.2 Å². The van der Waals surface area contributed by atoms with Crippen molar-refractivity contribution in [3.05, 3.63) is 109 Å². The van der Waals surface area contributed by atoms with Crippen molar-refractivity contribution in [2.45, 2.75) is 11.4 Å². The summed E-state index contributed by atoms with van der Waals surface area (Å²) >= 11 is 0. The third-order valence-corrected chi connectivity index (χ3v) is 7.37. The molecule has 0 atom stereocenters. The Morgan fingerprint density at radius 3 is 2.43 bits per heavy atom. The lowest BCUT2D eigenvalue weighted by atomic mass is 10.1. The molecule has 5 rings (SSSR count). The lowest BCUT2D eigenvalue weighted by Crippen LogP contribution is -2.23. The number of rotatable bonds is 7. The summed E-state index contributed by atoms with van der Waals surface area (Å²) < 4.78 is 57.0. The zero-order valence-electron chi connectivity index (χ0n) is 19.3. The molecule has 0 aliphatic rings. The molecular weight excluding hydrogens is 498 g/mol. The summed E-state index contributed by atoms with van der Waals surface area (Å²) in [6.07, 6.45) is 5.99. The van der Waals surface area contributed by atoms with E-state index in [0.29, 0.717) is 11.8 Å². The maximum atomic E-state index is 14.9. The van der Waals surface area contributed by atoms with Crippen LogP contribution in [-0.4, -0.2) is 34.6 Å². The number of hydrogen-bond acceptors (Lipinski definition) is 5. The highest BCUT2D eigenvalue weighted by atomic mass is 32.2. The highest BCUT2D eigenvalue weighted by Gasteiger charge is 2.27. The number of carbonyl (C=O) groups excluding carboxylic acids is 1. The van der Waals surface area contributed by atoms with Gasteiger partial charge >= 0.3 is 0 Å². The summed E-state index contributed by atoms with van der Waals surface area (Å²) in [5.41, 5.74) is 2.87. The average Bonchev–Trinajstić information content (AvgIpc) is 3.24. The molecule has 3 aromatic carbocycles. The number of sulfone groups is 1. The molecule has 1 amide bonds. The third-order valence-electron chi connectivity index (χ3n) is 5.75. The number of benzene rings is 3. The van der Waals surface area contributed by atoms with Gasteiger partial charge in [-0.05, 0) is 35.4 Å². The molecular formula is C27H20F2N4O3S. The molecule has 1 N–H and O–H groups in total. The largest absolute Gasteiger partial charge is 0.342 e. The van der Waals surface area contributed by atoms with E-state index in [2.05, 4.69) is 15.3 Å². The highest BCUT2D eigenvalue weighted by molar-refractivity contribution is 7.92. The Hall–Kier alpha value is -4.44. The number of hydrogen-bond donors (Lipinski definition) is 1. The van der Waals surface area contributed by atoms with E-state index in [0.717, 1.165) is 22.8 Å². The fourth-order valence-electron chi connectivity index (χ4n) is 4.14. The number of amides is 1. The standard InChI is InChI=1S/C27H20F2N4O3S/c28-21-10-23(29)27-24(11-21)33(14-18-5-4-6-19(9-18)20-12-30-17-31-13-20)15-25(27)37(35,36)16-26(34)32-22-7-2-1-3-8-22/h1-13,15,17H,14,16H2,(H,32,34). The Morgan fingerprint density at radius 1 is 0.919 bits per heavy atom. The van der Waals surface area contributed by atoms with E-state index in [-0.39, 0.29) is 22.3 Å². The number of fused-ring (bicyclic) bond motifs is 1. The number of nitrogens with one attached hydrogen (secondary N) is 1. The van der Waals surface area contributed by atoms with Crippen molar-refractivity contribution in [2.24, 2.45) is 0 Å². The van der Waals surface area contributed by atoms with Crippen molar-refractivity contribution in [3.63, 3.8) is 0 Å². The summed E-state index contributed by atoms with van der Waals surface area (Å²) in [5, 5.41) is 2.26. The number of carbonyl (C=O) groups is 1. The molecule has 2 aromatic heterocycles. The molecule has 0 saturated carbocycles. The zero-order chi connectivity index (χ0) is 26.0. The van der Waals surface area contributed by atoms with Gasteiger partial charge in [0.2, 0.25) is 5.91 Å². The molecule has 0 bridgehead atoms. The van der Waals surface area contributed by atoms with E-state index in [1.54, 1.807) is 42.7 Å². The van der Waals surface area contributed by atoms with Crippen LogP contribution in [0.5, 0.6) is 0 Å². The number of anilines is 1. The predicted molar refractivity (Wildman–Crippen MR) is 136 cm³/mol. The van der Waals surface area contributed by atoms with Crippen LogP contribution >= 0.6 is 0 Å². The Balaban J connectivity index is 1.51. The number of nitrogens with zero attached hydrogens (tertiary/aromatic N) is 3. The van der Waals surface area contributed by atoms with E-state index in [1.165, 1.54) is 17.1 Å². The second-order valence-electron chi connectivity index (χ2n) is 8.40. The average molecular weight is 519 g/mol. The molecule has 0 spiro atoms. The molecule has 0 fully saturated rings. The first-order valence-corrected chi connectivity index (χ1v) is 12.9. The fraction of sp³-hybridized carbons (Fsp3) is 0.0741. The molecule has 0 aliphatic carbocycles. The van der Waals surface area contributed by atoms with Crippen molar-refractivity contribution >= 4 is 32.3 Å². The topological polar surface area (TPSA) is 94.0 Å². The predicted octanol–water partition coefficient (Wildman–Crippen LogP) is 4.84. The normalized spacial score (nSPS) is 11.5. The first-order valence-electron chi connectivity index (χ1n) is 11.2. The van der Waals surface area contributed by atoms with Gasteiger partial charge in [0.05, 0.1) is 15.8 Å². The second kappa shape index (κ2) is 9.90. The van der Waals surface area contributed by atoms with Crippen LogP contribution in [0.3, 0.4) is 0 Å². The van der Waals surface area contributed by atoms with Crippen LogP contribution in [0.1, 0.15) is 5.56 Å². The van der Waals surface area contributed by atoms with Crippen LogP contribution in [0.4, 0.5) is 14.5 Å². The Morgan fingerprint density at radius 2 is 1.68 bits per heavy atom. The van der Waals surface area contributed by atoms with E-state index < -0.39 is 33.1 Å². The maximum absolute atomic E-state index is 14.9. The van der Waals surface area contributed by atoms with Gasteiger partial charge in [0, 0.05) is 42.5 Å². The fourth-order valence-corrected chi connectivity index (χ4v) is 5.51. The maximum Gasteiger partial charge on any atom is 0.239 e. The van der Waals surface area contributed by atoms with Crippen molar-refractivity contribution in [3.8, 4) is 11.1 Å². The molecule has 0 unspecified atom stereocenters. The van der Waals surface area contributed by atoms with Crippen molar-refractivity contribution in [1.82, 2.24) is 14.5 Å². The minimum atomic E-state index is -4.28. The molecule has 2 heterocycles. The molecule has 5 aromatic rings. The lowest BCUT2D eigenvalue weighted by Gasteiger charge is -2.08. The Kier molecular flexibility index (Phi) is 6.49. The Labute approximate surface area is 211 Å². The molecule has 0 saturated heterocycles. The summed E-state index contributed by atoms with van der Waals surface area (Å²) in [5.74, 6) is -3.54. The summed E-state index contributed by atoms with van der Waals surface area (Å²) in [4.78, 5) is 20.1. The third kappa shape index (κ3) is 5.24. The number of halogens is 2. The van der Waals surface area contributed by atoms with Gasteiger partial charge in [-0.25, -0.2) is 27.2 Å². The minimum Gasteiger partial charge on any atom is -0.342 e. The zero-order valence-corrected chi connectivity index (χ0v) is 20.1.